The summed E-state index contributed by atoms with van der Waals surface area (Å²) in [5.74, 6) is 0.659. The van der Waals surface area contributed by atoms with Crippen LogP contribution < -0.4 is 5.43 Å². The molecule has 0 aromatic rings. The van der Waals surface area contributed by atoms with Crippen LogP contribution in [0.5, 0.6) is 0 Å². The third-order valence-electron chi connectivity index (χ3n) is 2.19. The highest BCUT2D eigenvalue weighted by atomic mass is 16.5. The van der Waals surface area contributed by atoms with E-state index in [1.54, 1.807) is 0 Å². The van der Waals surface area contributed by atoms with Crippen molar-refractivity contribution >= 4 is 11.8 Å². The molecule has 0 unspecified atom stereocenters. The number of nitrogens with zero attached hydrogens (tertiary/aromatic N) is 1. The number of amides is 1. The number of hydrogen-bond acceptors (Lipinski definition) is 3. The number of ether oxygens (including phenoxy) is 1. The third kappa shape index (κ3) is 6.43. The highest BCUT2D eigenvalue weighted by molar-refractivity contribution is 5.88. The molecular formula is C12H24N2O2. The largest absolute Gasteiger partial charge is 0.448 e. The standard InChI is InChI=1S/C12H24N2O2/c1-6-7-8-16-12(15)14-13-11(9(2)3)10(4)5/h9-10H,6-8H2,1-5H3,(H,14,15). The molecule has 0 spiro atoms. The molecule has 0 saturated carbocycles. The van der Waals surface area contributed by atoms with E-state index in [1.165, 1.54) is 0 Å². The molecule has 0 saturated heterocycles. The number of nitrogens with one attached hydrogen (secondary N) is 1. The van der Waals surface area contributed by atoms with E-state index < -0.39 is 6.09 Å². The lowest BCUT2D eigenvalue weighted by molar-refractivity contribution is 0.145. The summed E-state index contributed by atoms with van der Waals surface area (Å²) >= 11 is 0. The smallest absolute Gasteiger partial charge is 0.427 e. The summed E-state index contributed by atoms with van der Waals surface area (Å²) in [5.41, 5.74) is 3.41. The van der Waals surface area contributed by atoms with E-state index in [9.17, 15) is 4.79 Å². The Labute approximate surface area is 98.4 Å². The molecule has 0 rings (SSSR count). The predicted octanol–water partition coefficient (Wildman–Crippen LogP) is 3.18. The van der Waals surface area contributed by atoms with Gasteiger partial charge in [0.15, 0.2) is 0 Å². The van der Waals surface area contributed by atoms with Crippen molar-refractivity contribution < 1.29 is 9.53 Å². The number of unbranched alkanes of at least 4 members (excludes halogenated alkanes) is 1. The second-order valence-electron chi connectivity index (χ2n) is 4.45. The zero-order chi connectivity index (χ0) is 12.6. The maximum Gasteiger partial charge on any atom is 0.427 e. The van der Waals surface area contributed by atoms with Gasteiger partial charge >= 0.3 is 6.09 Å². The van der Waals surface area contributed by atoms with Crippen molar-refractivity contribution in [2.45, 2.75) is 47.5 Å². The fourth-order valence-corrected chi connectivity index (χ4v) is 1.38. The summed E-state index contributed by atoms with van der Waals surface area (Å²) in [6, 6.07) is 0. The molecule has 4 heteroatoms. The van der Waals surface area contributed by atoms with Gasteiger partial charge in [0, 0.05) is 5.71 Å². The number of hydrogen-bond donors (Lipinski definition) is 1. The van der Waals surface area contributed by atoms with Crippen molar-refractivity contribution in [1.82, 2.24) is 5.43 Å². The average molecular weight is 228 g/mol. The van der Waals surface area contributed by atoms with Crippen LogP contribution in [0.2, 0.25) is 0 Å². The fraction of sp³-hybridized carbons (Fsp3) is 0.833. The van der Waals surface area contributed by atoms with Gasteiger partial charge in [0.2, 0.25) is 0 Å². The van der Waals surface area contributed by atoms with Crippen LogP contribution >= 0.6 is 0 Å². The van der Waals surface area contributed by atoms with Crippen molar-refractivity contribution in [3.63, 3.8) is 0 Å². The SMILES string of the molecule is CCCCOC(=O)NN=C(C(C)C)C(C)C. The van der Waals surface area contributed by atoms with Gasteiger partial charge in [0.1, 0.15) is 0 Å². The molecule has 4 nitrogen and oxygen atoms in total. The average Bonchev–Trinajstić information content (AvgIpc) is 2.17. The molecule has 0 aliphatic heterocycles. The molecule has 16 heavy (non-hydrogen) atoms. The molecule has 0 bridgehead atoms. The summed E-state index contributed by atoms with van der Waals surface area (Å²) in [6.45, 7) is 10.7. The van der Waals surface area contributed by atoms with Crippen molar-refractivity contribution in [2.75, 3.05) is 6.61 Å². The molecule has 0 aromatic heterocycles. The minimum Gasteiger partial charge on any atom is -0.448 e. The summed E-state index contributed by atoms with van der Waals surface area (Å²) < 4.78 is 4.94. The minimum atomic E-state index is -0.466. The Morgan fingerprint density at radius 1 is 1.25 bits per heavy atom. The van der Waals surface area contributed by atoms with Crippen molar-refractivity contribution in [1.29, 1.82) is 0 Å². The zero-order valence-corrected chi connectivity index (χ0v) is 11.0. The van der Waals surface area contributed by atoms with E-state index in [0.717, 1.165) is 18.6 Å². The number of carbonyl (C=O) groups is 1. The summed E-state index contributed by atoms with van der Waals surface area (Å²) in [5, 5.41) is 4.09. The molecule has 1 amide bonds. The van der Waals surface area contributed by atoms with Crippen molar-refractivity contribution in [3.05, 3.63) is 0 Å². The van der Waals surface area contributed by atoms with Crippen LogP contribution in [0.25, 0.3) is 0 Å². The van der Waals surface area contributed by atoms with Crippen LogP contribution in [-0.2, 0) is 4.74 Å². The van der Waals surface area contributed by atoms with Crippen LogP contribution in [0.3, 0.4) is 0 Å². The number of carbonyl (C=O) groups excluding carboxylic acids is 1. The molecular weight excluding hydrogens is 204 g/mol. The van der Waals surface area contributed by atoms with E-state index in [2.05, 4.69) is 45.1 Å². The van der Waals surface area contributed by atoms with Gasteiger partial charge in [-0.2, -0.15) is 5.10 Å². The Hall–Kier alpha value is -1.06. The minimum absolute atomic E-state index is 0.330. The van der Waals surface area contributed by atoms with Crippen molar-refractivity contribution in [3.8, 4) is 0 Å². The van der Waals surface area contributed by atoms with E-state index in [-0.39, 0.29) is 0 Å². The van der Waals surface area contributed by atoms with Crippen LogP contribution in [0.15, 0.2) is 5.10 Å². The summed E-state index contributed by atoms with van der Waals surface area (Å²) in [6.07, 6.45) is 1.44. The van der Waals surface area contributed by atoms with Crippen LogP contribution in [0.4, 0.5) is 4.79 Å². The third-order valence-corrected chi connectivity index (χ3v) is 2.19. The van der Waals surface area contributed by atoms with Gasteiger partial charge in [-0.1, -0.05) is 41.0 Å². The Kier molecular flexibility index (Phi) is 7.60. The molecule has 0 atom stereocenters. The first-order chi connectivity index (χ1) is 7.49. The van der Waals surface area contributed by atoms with E-state index >= 15 is 0 Å². The second-order valence-corrected chi connectivity index (χ2v) is 4.45. The fourth-order valence-electron chi connectivity index (χ4n) is 1.38. The van der Waals surface area contributed by atoms with Crippen LogP contribution in [-0.4, -0.2) is 18.4 Å². The van der Waals surface area contributed by atoms with Gasteiger partial charge in [0.05, 0.1) is 6.61 Å². The van der Waals surface area contributed by atoms with Gasteiger partial charge in [-0.15, -0.1) is 0 Å². The lowest BCUT2D eigenvalue weighted by atomic mass is 9.98. The van der Waals surface area contributed by atoms with Gasteiger partial charge < -0.3 is 4.74 Å². The quantitative estimate of drug-likeness (QED) is 0.431. The first-order valence-electron chi connectivity index (χ1n) is 5.99. The first kappa shape index (κ1) is 14.9. The topological polar surface area (TPSA) is 50.7 Å². The normalized spacial score (nSPS) is 10.4. The number of hydrazone groups is 1. The van der Waals surface area contributed by atoms with E-state index in [0.29, 0.717) is 18.4 Å². The van der Waals surface area contributed by atoms with Gasteiger partial charge in [-0.25, -0.2) is 10.2 Å². The molecule has 0 aromatic carbocycles. The van der Waals surface area contributed by atoms with Gasteiger partial charge in [-0.05, 0) is 18.3 Å². The zero-order valence-electron chi connectivity index (χ0n) is 11.0. The van der Waals surface area contributed by atoms with Gasteiger partial charge in [0.25, 0.3) is 0 Å². The lowest BCUT2D eigenvalue weighted by Crippen LogP contribution is -2.25. The highest BCUT2D eigenvalue weighted by Gasteiger charge is 2.10. The molecule has 0 fully saturated rings. The van der Waals surface area contributed by atoms with Crippen LogP contribution in [0.1, 0.15) is 47.5 Å². The van der Waals surface area contributed by atoms with Gasteiger partial charge in [-0.3, -0.25) is 0 Å². The molecule has 0 aliphatic carbocycles. The molecule has 1 N–H and O–H groups in total. The molecule has 0 heterocycles. The van der Waals surface area contributed by atoms with E-state index in [4.69, 9.17) is 4.74 Å². The first-order valence-corrected chi connectivity index (χ1v) is 5.99. The Morgan fingerprint density at radius 2 is 1.81 bits per heavy atom. The summed E-state index contributed by atoms with van der Waals surface area (Å²) in [4.78, 5) is 11.2. The maximum atomic E-state index is 11.2. The highest BCUT2D eigenvalue weighted by Crippen LogP contribution is 2.06. The van der Waals surface area contributed by atoms with Crippen molar-refractivity contribution in [2.24, 2.45) is 16.9 Å². The molecule has 0 aliphatic rings. The maximum absolute atomic E-state index is 11.2. The summed E-state index contributed by atoms with van der Waals surface area (Å²) in [7, 11) is 0. The Morgan fingerprint density at radius 3 is 2.25 bits per heavy atom. The monoisotopic (exact) mass is 228 g/mol. The molecule has 0 radical (unpaired) electrons. The second kappa shape index (κ2) is 8.13. The lowest BCUT2D eigenvalue weighted by Gasteiger charge is -2.13. The molecule has 94 valence electrons. The Bertz CT molecular complexity index is 225. The van der Waals surface area contributed by atoms with E-state index in [1.807, 2.05) is 0 Å². The Balaban J connectivity index is 4.07. The van der Waals surface area contributed by atoms with Crippen LogP contribution in [0, 0.1) is 11.8 Å². The number of rotatable bonds is 6. The predicted molar refractivity (Wildman–Crippen MR) is 66.5 cm³/mol.